The molecule has 3 aromatic heterocycles. The van der Waals surface area contributed by atoms with Crippen LogP contribution in [0.3, 0.4) is 0 Å². The Kier molecular flexibility index (Phi) is 4.52. The highest BCUT2D eigenvalue weighted by Gasteiger charge is 2.15. The maximum atomic E-state index is 12.5. The lowest BCUT2D eigenvalue weighted by molar-refractivity contribution is 0.0940. The van der Waals surface area contributed by atoms with Crippen LogP contribution in [-0.4, -0.2) is 25.4 Å². The number of carbonyl (C=O) groups is 1. The van der Waals surface area contributed by atoms with Crippen LogP contribution in [0.1, 0.15) is 28.9 Å². The number of aromatic nitrogens is 4. The number of nitrogens with zero attached hydrogens (tertiary/aromatic N) is 4. The summed E-state index contributed by atoms with van der Waals surface area (Å²) < 4.78 is 1.97. The minimum absolute atomic E-state index is 0.0868. The molecule has 0 aliphatic heterocycles. The molecular weight excluding hydrogens is 394 g/mol. The number of benzene rings is 2. The molecular formula is C23H19N5OS. The van der Waals surface area contributed by atoms with Crippen molar-refractivity contribution in [3.8, 4) is 10.6 Å². The molecule has 6 nitrogen and oxygen atoms in total. The highest BCUT2D eigenvalue weighted by Crippen LogP contribution is 2.33. The lowest BCUT2D eigenvalue weighted by atomic mass is 10.0. The topological polar surface area (TPSA) is 72.7 Å². The van der Waals surface area contributed by atoms with Crippen molar-refractivity contribution in [2.24, 2.45) is 7.05 Å². The molecule has 0 radical (unpaired) electrons. The molecule has 148 valence electrons. The summed E-state index contributed by atoms with van der Waals surface area (Å²) in [5.41, 5.74) is 5.37. The summed E-state index contributed by atoms with van der Waals surface area (Å²) in [5.74, 6) is -0.0868. The first-order valence-corrected chi connectivity index (χ1v) is 10.4. The Balaban J connectivity index is 1.46. The van der Waals surface area contributed by atoms with Gasteiger partial charge < -0.3 is 9.88 Å². The van der Waals surface area contributed by atoms with E-state index in [9.17, 15) is 4.79 Å². The lowest BCUT2D eigenvalue weighted by Crippen LogP contribution is -2.26. The van der Waals surface area contributed by atoms with Gasteiger partial charge in [-0.05, 0) is 30.7 Å². The summed E-state index contributed by atoms with van der Waals surface area (Å²) >= 11 is 1.56. The molecule has 0 spiro atoms. The van der Waals surface area contributed by atoms with E-state index in [0.717, 1.165) is 37.5 Å². The van der Waals surface area contributed by atoms with E-state index in [1.54, 1.807) is 23.9 Å². The first-order chi connectivity index (χ1) is 14.6. The fourth-order valence-electron chi connectivity index (χ4n) is 3.52. The standard InChI is InChI=1S/C23H19N5OS/c1-14(26-21(29)15-7-4-3-5-8-15)16-9-6-10-17(11-16)22-27-19-20-18(25-13-28(20)2)12-24-23(19)30-22/h3-14H,1-2H3,(H,26,29)/t14-/m0/s1. The Labute approximate surface area is 177 Å². The van der Waals surface area contributed by atoms with Gasteiger partial charge in [0.25, 0.3) is 5.91 Å². The predicted octanol–water partition coefficient (Wildman–Crippen LogP) is 4.74. The number of hydrogen-bond acceptors (Lipinski definition) is 5. The SMILES string of the molecule is C[C@H](NC(=O)c1ccccc1)c1cccc(-c2nc3c(ncc4ncn(C)c43)s2)c1. The van der Waals surface area contributed by atoms with Crippen molar-refractivity contribution in [3.05, 3.63) is 78.2 Å². The van der Waals surface area contributed by atoms with E-state index in [-0.39, 0.29) is 11.9 Å². The van der Waals surface area contributed by atoms with Crippen molar-refractivity contribution >= 4 is 38.6 Å². The molecule has 0 fully saturated rings. The molecule has 2 aromatic carbocycles. The van der Waals surface area contributed by atoms with Crippen LogP contribution in [0, 0.1) is 0 Å². The minimum Gasteiger partial charge on any atom is -0.346 e. The van der Waals surface area contributed by atoms with Crippen molar-refractivity contribution < 1.29 is 4.79 Å². The molecule has 0 aliphatic rings. The number of nitrogens with one attached hydrogen (secondary N) is 1. The number of amides is 1. The van der Waals surface area contributed by atoms with Crippen LogP contribution in [0.4, 0.5) is 0 Å². The summed E-state index contributed by atoms with van der Waals surface area (Å²) in [6, 6.07) is 17.2. The normalized spacial score (nSPS) is 12.3. The Morgan fingerprint density at radius 3 is 2.77 bits per heavy atom. The van der Waals surface area contributed by atoms with Gasteiger partial charge in [0.15, 0.2) is 0 Å². The predicted molar refractivity (Wildman–Crippen MR) is 119 cm³/mol. The summed E-state index contributed by atoms with van der Waals surface area (Å²) in [7, 11) is 1.96. The quantitative estimate of drug-likeness (QED) is 0.462. The zero-order valence-corrected chi connectivity index (χ0v) is 17.4. The number of pyridine rings is 1. The highest BCUT2D eigenvalue weighted by molar-refractivity contribution is 7.21. The molecule has 1 atom stereocenters. The van der Waals surface area contributed by atoms with E-state index in [2.05, 4.69) is 21.4 Å². The third kappa shape index (κ3) is 3.23. The van der Waals surface area contributed by atoms with Crippen LogP contribution in [0.25, 0.3) is 32.0 Å². The number of aryl methyl sites for hydroxylation is 1. The first-order valence-electron chi connectivity index (χ1n) is 9.63. The molecule has 5 aromatic rings. The average Bonchev–Trinajstić information content (AvgIpc) is 3.38. The van der Waals surface area contributed by atoms with Crippen LogP contribution < -0.4 is 5.32 Å². The molecule has 1 N–H and O–H groups in total. The number of rotatable bonds is 4. The van der Waals surface area contributed by atoms with Gasteiger partial charge in [-0.25, -0.2) is 15.0 Å². The van der Waals surface area contributed by atoms with Gasteiger partial charge in [0, 0.05) is 18.2 Å². The lowest BCUT2D eigenvalue weighted by Gasteiger charge is -2.15. The maximum absolute atomic E-state index is 12.5. The number of hydrogen-bond donors (Lipinski definition) is 1. The first kappa shape index (κ1) is 18.4. The Hall–Kier alpha value is -3.58. The van der Waals surface area contributed by atoms with E-state index in [1.807, 2.05) is 67.1 Å². The van der Waals surface area contributed by atoms with E-state index >= 15 is 0 Å². The third-order valence-corrected chi connectivity index (χ3v) is 6.13. The maximum Gasteiger partial charge on any atom is 0.251 e. The van der Waals surface area contributed by atoms with Gasteiger partial charge in [0.1, 0.15) is 20.9 Å². The molecule has 0 aliphatic carbocycles. The van der Waals surface area contributed by atoms with Crippen LogP contribution >= 0.6 is 11.3 Å². The smallest absolute Gasteiger partial charge is 0.251 e. The summed E-state index contributed by atoms with van der Waals surface area (Å²) in [4.78, 5) is 27.1. The van der Waals surface area contributed by atoms with Gasteiger partial charge in [0.05, 0.1) is 24.1 Å². The van der Waals surface area contributed by atoms with Crippen molar-refractivity contribution in [1.29, 1.82) is 0 Å². The van der Waals surface area contributed by atoms with Gasteiger partial charge in [-0.1, -0.05) is 47.7 Å². The second-order valence-electron chi connectivity index (χ2n) is 7.21. The van der Waals surface area contributed by atoms with Crippen LogP contribution in [-0.2, 0) is 7.05 Å². The summed E-state index contributed by atoms with van der Waals surface area (Å²) in [5, 5.41) is 3.96. The molecule has 3 heterocycles. The van der Waals surface area contributed by atoms with Crippen molar-refractivity contribution in [1.82, 2.24) is 24.8 Å². The van der Waals surface area contributed by atoms with Gasteiger partial charge in [0.2, 0.25) is 0 Å². The Bertz CT molecular complexity index is 1370. The molecule has 30 heavy (non-hydrogen) atoms. The molecule has 0 saturated heterocycles. The summed E-state index contributed by atoms with van der Waals surface area (Å²) in [6.45, 7) is 1.99. The monoisotopic (exact) mass is 413 g/mol. The van der Waals surface area contributed by atoms with E-state index in [1.165, 1.54) is 0 Å². The van der Waals surface area contributed by atoms with E-state index < -0.39 is 0 Å². The fraction of sp³-hybridized carbons (Fsp3) is 0.130. The molecule has 1 amide bonds. The molecule has 0 bridgehead atoms. The van der Waals surface area contributed by atoms with Gasteiger partial charge >= 0.3 is 0 Å². The number of imidazole rings is 1. The van der Waals surface area contributed by atoms with Gasteiger partial charge in [-0.2, -0.15) is 0 Å². The van der Waals surface area contributed by atoms with Crippen molar-refractivity contribution in [2.75, 3.05) is 0 Å². The second kappa shape index (κ2) is 7.35. The number of carbonyl (C=O) groups excluding carboxylic acids is 1. The van der Waals surface area contributed by atoms with E-state index in [0.29, 0.717) is 5.56 Å². The second-order valence-corrected chi connectivity index (χ2v) is 8.18. The molecule has 0 saturated carbocycles. The van der Waals surface area contributed by atoms with E-state index in [4.69, 9.17) is 4.98 Å². The largest absolute Gasteiger partial charge is 0.346 e. The highest BCUT2D eigenvalue weighted by atomic mass is 32.1. The number of fused-ring (bicyclic) bond motifs is 3. The molecule has 0 unspecified atom stereocenters. The summed E-state index contributed by atoms with van der Waals surface area (Å²) in [6.07, 6.45) is 3.57. The van der Waals surface area contributed by atoms with Crippen molar-refractivity contribution in [2.45, 2.75) is 13.0 Å². The van der Waals surface area contributed by atoms with Gasteiger partial charge in [-0.15, -0.1) is 0 Å². The van der Waals surface area contributed by atoms with Crippen LogP contribution in [0.15, 0.2) is 67.1 Å². The van der Waals surface area contributed by atoms with Crippen molar-refractivity contribution in [3.63, 3.8) is 0 Å². The molecule has 5 rings (SSSR count). The zero-order valence-electron chi connectivity index (χ0n) is 16.5. The number of thiazole rings is 1. The van der Waals surface area contributed by atoms with Crippen LogP contribution in [0.5, 0.6) is 0 Å². The fourth-order valence-corrected chi connectivity index (χ4v) is 4.43. The Morgan fingerprint density at radius 2 is 1.93 bits per heavy atom. The average molecular weight is 414 g/mol. The minimum atomic E-state index is -0.131. The zero-order chi connectivity index (χ0) is 20.7. The van der Waals surface area contributed by atoms with Crippen LogP contribution in [0.2, 0.25) is 0 Å². The third-order valence-electron chi connectivity index (χ3n) is 5.12. The van der Waals surface area contributed by atoms with Gasteiger partial charge in [-0.3, -0.25) is 4.79 Å². The Morgan fingerprint density at radius 1 is 1.10 bits per heavy atom. The molecule has 7 heteroatoms.